The van der Waals surface area contributed by atoms with E-state index in [0.717, 1.165) is 50.1 Å². The largest absolute Gasteiger partial charge is 0.497 e. The molecule has 0 aromatic heterocycles. The van der Waals surface area contributed by atoms with E-state index in [0.29, 0.717) is 0 Å². The number of rotatable bonds is 6. The normalized spacial score (nSPS) is 17.4. The van der Waals surface area contributed by atoms with Gasteiger partial charge in [0.1, 0.15) is 5.75 Å². The minimum Gasteiger partial charge on any atom is -0.497 e. The second-order valence-corrected chi connectivity index (χ2v) is 5.47. The summed E-state index contributed by atoms with van der Waals surface area (Å²) in [6.45, 7) is 6.13. The molecule has 3 nitrogen and oxygen atoms in total. The van der Waals surface area contributed by atoms with E-state index in [1.54, 1.807) is 7.11 Å². The number of benzene rings is 1. The van der Waals surface area contributed by atoms with Gasteiger partial charge < -0.3 is 4.74 Å². The topological polar surface area (TPSA) is 29.5 Å². The van der Waals surface area contributed by atoms with Crippen molar-refractivity contribution in [2.75, 3.05) is 20.2 Å². The van der Waals surface area contributed by atoms with Crippen molar-refractivity contribution in [2.24, 2.45) is 0 Å². The molecular weight excluding hydrogens is 250 g/mol. The van der Waals surface area contributed by atoms with Gasteiger partial charge in [0.25, 0.3) is 0 Å². The summed E-state index contributed by atoms with van der Waals surface area (Å²) in [5, 5.41) is 0. The number of ether oxygens (including phenoxy) is 1. The number of carbonyl (C=O) groups excluding carboxylic acids is 1. The predicted octanol–water partition coefficient (Wildman–Crippen LogP) is 3.53. The first-order valence-corrected chi connectivity index (χ1v) is 7.62. The molecular formula is C17H25NO2. The number of ketones is 1. The Morgan fingerprint density at radius 2 is 1.90 bits per heavy atom. The maximum Gasteiger partial charge on any atom is 0.183 e. The van der Waals surface area contributed by atoms with Crippen molar-refractivity contribution < 1.29 is 9.53 Å². The molecule has 1 saturated carbocycles. The molecule has 0 atom stereocenters. The van der Waals surface area contributed by atoms with Gasteiger partial charge in [0, 0.05) is 5.56 Å². The first kappa shape index (κ1) is 15.0. The summed E-state index contributed by atoms with van der Waals surface area (Å²) in [5.74, 6) is 1.01. The molecule has 1 aromatic carbocycles. The molecule has 0 radical (unpaired) electrons. The first-order chi connectivity index (χ1) is 9.67. The fourth-order valence-electron chi connectivity index (χ4n) is 3.51. The van der Waals surface area contributed by atoms with Gasteiger partial charge >= 0.3 is 0 Å². The lowest BCUT2D eigenvalue weighted by atomic mass is 9.85. The molecule has 0 N–H and O–H groups in total. The standard InChI is InChI=1S/C17H25NO2/c1-4-18(5-2)17(11-6-7-12-17)16(19)14-9-8-10-15(13-14)20-3/h8-10,13H,4-7,11-12H2,1-3H3. The molecule has 110 valence electrons. The SMILES string of the molecule is CCN(CC)C1(C(=O)c2cccc(OC)c2)CCCC1. The first-order valence-electron chi connectivity index (χ1n) is 7.62. The van der Waals surface area contributed by atoms with Crippen LogP contribution in [-0.2, 0) is 0 Å². The molecule has 0 aliphatic heterocycles. The Balaban J connectivity index is 2.36. The fraction of sp³-hybridized carbons (Fsp3) is 0.588. The number of carbonyl (C=O) groups is 1. The zero-order valence-corrected chi connectivity index (χ0v) is 12.8. The Labute approximate surface area is 121 Å². The van der Waals surface area contributed by atoms with Crippen molar-refractivity contribution in [3.8, 4) is 5.75 Å². The third-order valence-corrected chi connectivity index (χ3v) is 4.55. The maximum absolute atomic E-state index is 13.1. The van der Waals surface area contributed by atoms with E-state index in [2.05, 4.69) is 18.7 Å². The summed E-state index contributed by atoms with van der Waals surface area (Å²) < 4.78 is 5.25. The van der Waals surface area contributed by atoms with Crippen LogP contribution in [0.25, 0.3) is 0 Å². The highest BCUT2D eigenvalue weighted by atomic mass is 16.5. The van der Waals surface area contributed by atoms with Crippen molar-refractivity contribution in [1.29, 1.82) is 0 Å². The number of nitrogens with zero attached hydrogens (tertiary/aromatic N) is 1. The van der Waals surface area contributed by atoms with Gasteiger partial charge in [0.05, 0.1) is 12.6 Å². The van der Waals surface area contributed by atoms with Gasteiger partial charge in [-0.25, -0.2) is 0 Å². The van der Waals surface area contributed by atoms with Crippen LogP contribution in [0.1, 0.15) is 49.9 Å². The average molecular weight is 275 g/mol. The van der Waals surface area contributed by atoms with Gasteiger partial charge in [-0.15, -0.1) is 0 Å². The van der Waals surface area contributed by atoms with Crippen molar-refractivity contribution in [3.05, 3.63) is 29.8 Å². The van der Waals surface area contributed by atoms with Gasteiger partial charge in [0.15, 0.2) is 5.78 Å². The maximum atomic E-state index is 13.1. The summed E-state index contributed by atoms with van der Waals surface area (Å²) in [7, 11) is 1.64. The highest BCUT2D eigenvalue weighted by molar-refractivity contribution is 6.03. The summed E-state index contributed by atoms with van der Waals surface area (Å²) in [6.07, 6.45) is 4.24. The van der Waals surface area contributed by atoms with E-state index in [1.165, 1.54) is 0 Å². The molecule has 1 aliphatic rings. The lowest BCUT2D eigenvalue weighted by Crippen LogP contribution is -2.52. The molecule has 0 saturated heterocycles. The predicted molar refractivity (Wildman–Crippen MR) is 81.4 cm³/mol. The van der Waals surface area contributed by atoms with Gasteiger partial charge in [-0.05, 0) is 38.1 Å². The van der Waals surface area contributed by atoms with Crippen LogP contribution in [0.15, 0.2) is 24.3 Å². The fourth-order valence-corrected chi connectivity index (χ4v) is 3.51. The van der Waals surface area contributed by atoms with Crippen molar-refractivity contribution in [2.45, 2.75) is 45.1 Å². The van der Waals surface area contributed by atoms with Crippen LogP contribution >= 0.6 is 0 Å². The molecule has 1 aromatic rings. The third kappa shape index (κ3) is 2.59. The summed E-state index contributed by atoms with van der Waals surface area (Å²) in [4.78, 5) is 15.4. The number of methoxy groups -OCH3 is 1. The van der Waals surface area contributed by atoms with E-state index in [9.17, 15) is 4.79 Å². The third-order valence-electron chi connectivity index (χ3n) is 4.55. The van der Waals surface area contributed by atoms with Gasteiger partial charge in [0.2, 0.25) is 0 Å². The molecule has 3 heteroatoms. The number of Topliss-reactive ketones (excluding diaryl/α,β-unsaturated/α-hetero) is 1. The van der Waals surface area contributed by atoms with E-state index in [1.807, 2.05) is 24.3 Å². The summed E-state index contributed by atoms with van der Waals surface area (Å²) >= 11 is 0. The highest BCUT2D eigenvalue weighted by Crippen LogP contribution is 2.38. The van der Waals surface area contributed by atoms with Crippen LogP contribution in [0.2, 0.25) is 0 Å². The highest BCUT2D eigenvalue weighted by Gasteiger charge is 2.45. The number of hydrogen-bond acceptors (Lipinski definition) is 3. The lowest BCUT2D eigenvalue weighted by Gasteiger charge is -2.39. The average Bonchev–Trinajstić information content (AvgIpc) is 2.98. The second kappa shape index (κ2) is 6.40. The van der Waals surface area contributed by atoms with Crippen LogP contribution < -0.4 is 4.74 Å². The molecule has 0 unspecified atom stereocenters. The minimum atomic E-state index is -0.296. The van der Waals surface area contributed by atoms with Crippen molar-refractivity contribution in [1.82, 2.24) is 4.90 Å². The number of hydrogen-bond donors (Lipinski definition) is 0. The van der Waals surface area contributed by atoms with Crippen molar-refractivity contribution >= 4 is 5.78 Å². The minimum absolute atomic E-state index is 0.262. The van der Waals surface area contributed by atoms with E-state index < -0.39 is 0 Å². The Kier molecular flexibility index (Phi) is 4.81. The van der Waals surface area contributed by atoms with E-state index in [-0.39, 0.29) is 11.3 Å². The molecule has 1 fully saturated rings. The summed E-state index contributed by atoms with van der Waals surface area (Å²) in [6, 6.07) is 7.56. The smallest absolute Gasteiger partial charge is 0.183 e. The van der Waals surface area contributed by atoms with E-state index in [4.69, 9.17) is 4.74 Å². The van der Waals surface area contributed by atoms with Crippen LogP contribution in [0.3, 0.4) is 0 Å². The molecule has 0 spiro atoms. The Morgan fingerprint density at radius 3 is 2.45 bits per heavy atom. The second-order valence-electron chi connectivity index (χ2n) is 5.47. The van der Waals surface area contributed by atoms with E-state index >= 15 is 0 Å². The Bertz CT molecular complexity index is 460. The van der Waals surface area contributed by atoms with Gasteiger partial charge in [-0.1, -0.05) is 38.8 Å². The molecule has 1 aliphatic carbocycles. The number of likely N-dealkylation sites (N-methyl/N-ethyl adjacent to an activating group) is 1. The zero-order chi connectivity index (χ0) is 14.6. The molecule has 0 amide bonds. The lowest BCUT2D eigenvalue weighted by molar-refractivity contribution is 0.0584. The van der Waals surface area contributed by atoms with Crippen LogP contribution in [0, 0.1) is 0 Å². The molecule has 20 heavy (non-hydrogen) atoms. The molecule has 0 heterocycles. The van der Waals surface area contributed by atoms with Crippen molar-refractivity contribution in [3.63, 3.8) is 0 Å². The zero-order valence-electron chi connectivity index (χ0n) is 12.8. The van der Waals surface area contributed by atoms with Crippen LogP contribution in [0.5, 0.6) is 5.75 Å². The monoisotopic (exact) mass is 275 g/mol. The van der Waals surface area contributed by atoms with Crippen LogP contribution in [-0.4, -0.2) is 36.4 Å². The molecule has 2 rings (SSSR count). The quantitative estimate of drug-likeness (QED) is 0.744. The van der Waals surface area contributed by atoms with Gasteiger partial charge in [-0.2, -0.15) is 0 Å². The van der Waals surface area contributed by atoms with Gasteiger partial charge in [-0.3, -0.25) is 9.69 Å². The Morgan fingerprint density at radius 1 is 1.25 bits per heavy atom. The summed E-state index contributed by atoms with van der Waals surface area (Å²) in [5.41, 5.74) is 0.480. The van der Waals surface area contributed by atoms with Crippen LogP contribution in [0.4, 0.5) is 0 Å². The molecule has 0 bridgehead atoms. The Hall–Kier alpha value is -1.35.